The minimum absolute atomic E-state index is 0.672. The van der Waals surface area contributed by atoms with Crippen LogP contribution in [0.25, 0.3) is 0 Å². The summed E-state index contributed by atoms with van der Waals surface area (Å²) < 4.78 is 6.22. The monoisotopic (exact) mass is 319 g/mol. The van der Waals surface area contributed by atoms with Crippen LogP contribution in [0.4, 0.5) is 0 Å². The van der Waals surface area contributed by atoms with Gasteiger partial charge in [-0.25, -0.2) is 0 Å². The predicted molar refractivity (Wildman–Crippen MR) is 81.8 cm³/mol. The fraction of sp³-hybridized carbons (Fsp3) is 0.250. The van der Waals surface area contributed by atoms with Gasteiger partial charge in [0.1, 0.15) is 0 Å². The topological polar surface area (TPSA) is 21.3 Å². The van der Waals surface area contributed by atoms with E-state index in [1.54, 1.807) is 7.11 Å². The van der Waals surface area contributed by atoms with Gasteiger partial charge in [-0.2, -0.15) is 0 Å². The van der Waals surface area contributed by atoms with Crippen LogP contribution in [0.1, 0.15) is 16.7 Å². The molecular weight excluding hydrogens is 302 g/mol. The molecule has 0 heterocycles. The van der Waals surface area contributed by atoms with Gasteiger partial charge in [-0.15, -0.1) is 0 Å². The predicted octanol–water partition coefficient (Wildman–Crippen LogP) is 3.89. The summed E-state index contributed by atoms with van der Waals surface area (Å²) >= 11 is 3.48. The number of rotatable bonds is 6. The van der Waals surface area contributed by atoms with Crippen molar-refractivity contribution in [2.45, 2.75) is 19.7 Å². The molecule has 0 aliphatic carbocycles. The molecule has 0 saturated carbocycles. The van der Waals surface area contributed by atoms with Crippen molar-refractivity contribution < 1.29 is 4.74 Å². The summed E-state index contributed by atoms with van der Waals surface area (Å²) in [7, 11) is 1.72. The van der Waals surface area contributed by atoms with Gasteiger partial charge in [0.15, 0.2) is 0 Å². The molecule has 2 rings (SSSR count). The number of hydrogen-bond acceptors (Lipinski definition) is 2. The van der Waals surface area contributed by atoms with Gasteiger partial charge >= 0.3 is 0 Å². The van der Waals surface area contributed by atoms with Crippen LogP contribution in [0.3, 0.4) is 0 Å². The Bertz CT molecular complexity index is 510. The van der Waals surface area contributed by atoms with Crippen molar-refractivity contribution in [1.82, 2.24) is 5.32 Å². The largest absolute Gasteiger partial charge is 0.380 e. The van der Waals surface area contributed by atoms with E-state index in [1.165, 1.54) is 16.7 Å². The highest BCUT2D eigenvalue weighted by Crippen LogP contribution is 2.11. The zero-order chi connectivity index (χ0) is 13.5. The molecule has 0 atom stereocenters. The van der Waals surface area contributed by atoms with Gasteiger partial charge in [0.2, 0.25) is 0 Å². The average Bonchev–Trinajstić information content (AvgIpc) is 2.41. The van der Waals surface area contributed by atoms with E-state index in [9.17, 15) is 0 Å². The second-order valence-electron chi connectivity index (χ2n) is 4.48. The summed E-state index contributed by atoms with van der Waals surface area (Å²) in [5.41, 5.74) is 3.78. The molecule has 0 aliphatic rings. The lowest BCUT2D eigenvalue weighted by molar-refractivity contribution is 0.185. The summed E-state index contributed by atoms with van der Waals surface area (Å²) in [6, 6.07) is 16.9. The second-order valence-corrected chi connectivity index (χ2v) is 5.40. The first-order valence-corrected chi connectivity index (χ1v) is 7.09. The van der Waals surface area contributed by atoms with Crippen molar-refractivity contribution in [2.75, 3.05) is 7.11 Å². The fourth-order valence-corrected chi connectivity index (χ4v) is 2.36. The van der Waals surface area contributed by atoms with Crippen molar-refractivity contribution >= 4 is 15.9 Å². The van der Waals surface area contributed by atoms with E-state index in [4.69, 9.17) is 4.74 Å². The number of ether oxygens (including phenoxy) is 1. The number of benzene rings is 2. The Morgan fingerprint density at radius 2 is 1.63 bits per heavy atom. The maximum Gasteiger partial charge on any atom is 0.0713 e. The van der Waals surface area contributed by atoms with E-state index in [0.29, 0.717) is 6.61 Å². The summed E-state index contributed by atoms with van der Waals surface area (Å²) in [5.74, 6) is 0. The van der Waals surface area contributed by atoms with Crippen LogP contribution in [0.15, 0.2) is 53.0 Å². The highest BCUT2D eigenvalue weighted by molar-refractivity contribution is 9.10. The lowest BCUT2D eigenvalue weighted by Gasteiger charge is -2.06. The van der Waals surface area contributed by atoms with Crippen molar-refractivity contribution in [2.24, 2.45) is 0 Å². The molecule has 0 radical (unpaired) electrons. The van der Waals surface area contributed by atoms with Gasteiger partial charge in [-0.3, -0.25) is 0 Å². The van der Waals surface area contributed by atoms with Crippen LogP contribution in [0.2, 0.25) is 0 Å². The maximum atomic E-state index is 5.10. The highest BCUT2D eigenvalue weighted by Gasteiger charge is 1.96. The minimum Gasteiger partial charge on any atom is -0.380 e. The van der Waals surface area contributed by atoms with Crippen molar-refractivity contribution in [3.63, 3.8) is 0 Å². The number of nitrogens with one attached hydrogen (secondary N) is 1. The molecular formula is C16H18BrNO. The molecule has 0 bridgehead atoms. The normalized spacial score (nSPS) is 10.6. The van der Waals surface area contributed by atoms with Crippen LogP contribution in [0.5, 0.6) is 0 Å². The Labute approximate surface area is 122 Å². The van der Waals surface area contributed by atoms with Gasteiger partial charge in [0, 0.05) is 24.7 Å². The van der Waals surface area contributed by atoms with E-state index in [-0.39, 0.29) is 0 Å². The molecule has 2 aromatic rings. The van der Waals surface area contributed by atoms with Crippen LogP contribution >= 0.6 is 15.9 Å². The molecule has 0 fully saturated rings. The van der Waals surface area contributed by atoms with E-state index < -0.39 is 0 Å². The molecule has 1 N–H and O–H groups in total. The SMILES string of the molecule is COCc1ccc(CNCc2cccc(Br)c2)cc1. The third-order valence-electron chi connectivity index (χ3n) is 2.88. The first-order valence-electron chi connectivity index (χ1n) is 6.30. The zero-order valence-electron chi connectivity index (χ0n) is 11.0. The summed E-state index contributed by atoms with van der Waals surface area (Å²) in [4.78, 5) is 0. The van der Waals surface area contributed by atoms with Gasteiger partial charge in [-0.05, 0) is 28.8 Å². The minimum atomic E-state index is 0.672. The molecule has 0 unspecified atom stereocenters. The molecule has 0 spiro atoms. The molecule has 0 aromatic heterocycles. The van der Waals surface area contributed by atoms with Gasteiger partial charge in [0.05, 0.1) is 6.61 Å². The van der Waals surface area contributed by atoms with Gasteiger partial charge in [-0.1, -0.05) is 52.3 Å². The Hall–Kier alpha value is -1.16. The Morgan fingerprint density at radius 1 is 0.947 bits per heavy atom. The lowest BCUT2D eigenvalue weighted by Crippen LogP contribution is -2.12. The molecule has 2 aromatic carbocycles. The Morgan fingerprint density at radius 3 is 2.32 bits per heavy atom. The summed E-state index contributed by atoms with van der Waals surface area (Å²) in [6.07, 6.45) is 0. The molecule has 0 aliphatic heterocycles. The van der Waals surface area contributed by atoms with Crippen LogP contribution in [-0.2, 0) is 24.4 Å². The Kier molecular flexibility index (Phi) is 5.58. The smallest absolute Gasteiger partial charge is 0.0713 e. The van der Waals surface area contributed by atoms with Gasteiger partial charge in [0.25, 0.3) is 0 Å². The molecule has 0 saturated heterocycles. The Balaban J connectivity index is 1.82. The third-order valence-corrected chi connectivity index (χ3v) is 3.37. The summed E-state index contributed by atoms with van der Waals surface area (Å²) in [6.45, 7) is 2.42. The van der Waals surface area contributed by atoms with E-state index in [1.807, 2.05) is 6.07 Å². The first-order chi connectivity index (χ1) is 9.28. The molecule has 3 heteroatoms. The first kappa shape index (κ1) is 14.3. The quantitative estimate of drug-likeness (QED) is 0.872. The number of halogens is 1. The average molecular weight is 320 g/mol. The lowest BCUT2D eigenvalue weighted by atomic mass is 10.1. The molecule has 100 valence electrons. The van der Waals surface area contributed by atoms with Crippen LogP contribution in [-0.4, -0.2) is 7.11 Å². The summed E-state index contributed by atoms with van der Waals surface area (Å²) in [5, 5.41) is 3.44. The number of methoxy groups -OCH3 is 1. The van der Waals surface area contributed by atoms with Crippen LogP contribution < -0.4 is 5.32 Å². The van der Waals surface area contributed by atoms with Crippen molar-refractivity contribution in [1.29, 1.82) is 0 Å². The van der Waals surface area contributed by atoms with Crippen molar-refractivity contribution in [3.05, 3.63) is 69.7 Å². The van der Waals surface area contributed by atoms with Crippen molar-refractivity contribution in [3.8, 4) is 0 Å². The molecule has 2 nitrogen and oxygen atoms in total. The second kappa shape index (κ2) is 7.43. The number of hydrogen-bond donors (Lipinski definition) is 1. The van der Waals surface area contributed by atoms with E-state index in [2.05, 4.69) is 63.7 Å². The third kappa shape index (κ3) is 4.78. The zero-order valence-corrected chi connectivity index (χ0v) is 12.6. The molecule has 0 amide bonds. The standard InChI is InChI=1S/C16H18BrNO/c1-19-12-14-7-5-13(6-8-14)10-18-11-15-3-2-4-16(17)9-15/h2-9,18H,10-12H2,1H3. The molecule has 19 heavy (non-hydrogen) atoms. The fourth-order valence-electron chi connectivity index (χ4n) is 1.92. The maximum absolute atomic E-state index is 5.10. The van der Waals surface area contributed by atoms with Gasteiger partial charge < -0.3 is 10.1 Å². The van der Waals surface area contributed by atoms with Crippen LogP contribution in [0, 0.1) is 0 Å². The van der Waals surface area contributed by atoms with E-state index >= 15 is 0 Å². The highest BCUT2D eigenvalue weighted by atomic mass is 79.9. The van der Waals surface area contributed by atoms with E-state index in [0.717, 1.165) is 17.6 Å².